The third-order valence-electron chi connectivity index (χ3n) is 1.32. The fourth-order valence-electron chi connectivity index (χ4n) is 0.915. The molecule has 1 fully saturated rings. The fraction of sp³-hybridized carbons (Fsp3) is 1.00. The second-order valence-electron chi connectivity index (χ2n) is 2.73. The minimum absolute atomic E-state index is 0.0232. The Bertz CT molecular complexity index is 131. The van der Waals surface area contributed by atoms with Crippen molar-refractivity contribution in [1.29, 1.82) is 0.594 Å². The number of hydrogen-bond donors (Lipinski definition) is 0. The SMILES string of the molecule is [3H][I-]OC[C@@H]1COC(C)(C)O1. The summed E-state index contributed by atoms with van der Waals surface area (Å²) in [7, 11) is 0. The zero-order valence-corrected chi connectivity index (χ0v) is 8.25. The second-order valence-corrected chi connectivity index (χ2v) is 3.35. The monoisotopic (exact) mass is 261 g/mol. The van der Waals surface area contributed by atoms with E-state index in [9.17, 15) is 0 Å². The van der Waals surface area contributed by atoms with Crippen LogP contribution >= 0.6 is 0 Å². The van der Waals surface area contributed by atoms with Crippen molar-refractivity contribution in [3.05, 3.63) is 0 Å². The summed E-state index contributed by atoms with van der Waals surface area (Å²) in [4.78, 5) is 0. The van der Waals surface area contributed by atoms with E-state index in [4.69, 9.17) is 13.1 Å². The van der Waals surface area contributed by atoms with Gasteiger partial charge in [-0.3, -0.25) is 0 Å². The van der Waals surface area contributed by atoms with Crippen LogP contribution in [0.1, 0.15) is 13.8 Å². The molecule has 1 aliphatic heterocycles. The minimum atomic E-state index is -0.828. The van der Waals surface area contributed by atoms with Crippen LogP contribution in [-0.2, 0) is 12.5 Å². The number of ether oxygens (including phenoxy) is 2. The Morgan fingerprint density at radius 2 is 2.70 bits per heavy atom. The van der Waals surface area contributed by atoms with Gasteiger partial charge in [-0.25, -0.2) is 0 Å². The first-order chi connectivity index (χ1) is 5.14. The molecule has 1 atom stereocenters. The van der Waals surface area contributed by atoms with Gasteiger partial charge in [0, 0.05) is 0 Å². The van der Waals surface area contributed by atoms with E-state index in [1.807, 2.05) is 13.8 Å². The first-order valence-corrected chi connectivity index (χ1v) is 4.07. The molecule has 3 nitrogen and oxygen atoms in total. The summed E-state index contributed by atoms with van der Waals surface area (Å²) < 4.78 is 22.6. The molecule has 0 unspecified atom stereocenters. The van der Waals surface area contributed by atoms with Crippen molar-refractivity contribution in [1.82, 2.24) is 0 Å². The second kappa shape index (κ2) is 3.34. The molecule has 0 bridgehead atoms. The zero-order valence-electron chi connectivity index (χ0n) is 7.09. The van der Waals surface area contributed by atoms with Crippen molar-refractivity contribution in [3.8, 4) is 0 Å². The average Bonchev–Trinajstić information content (AvgIpc) is 2.26. The summed E-state index contributed by atoms with van der Waals surface area (Å²) in [6.07, 6.45) is 0.0232. The van der Waals surface area contributed by atoms with Gasteiger partial charge in [0.2, 0.25) is 0 Å². The predicted octanol–water partition coefficient (Wildman–Crippen LogP) is -2.64. The first kappa shape index (κ1) is 7.27. The quantitative estimate of drug-likeness (QED) is 0.520. The molecule has 0 saturated carbocycles. The van der Waals surface area contributed by atoms with Crippen molar-refractivity contribution in [2.45, 2.75) is 25.7 Å². The molecule has 0 amide bonds. The van der Waals surface area contributed by atoms with Crippen molar-refractivity contribution in [2.75, 3.05) is 13.2 Å². The van der Waals surface area contributed by atoms with Crippen molar-refractivity contribution < 1.29 is 35.3 Å². The summed E-state index contributed by atoms with van der Waals surface area (Å²) in [5.74, 6) is -0.464. The third-order valence-corrected chi connectivity index (χ3v) is 1.68. The normalized spacial score (nSPS) is 32.6. The van der Waals surface area contributed by atoms with Gasteiger partial charge >= 0.3 is 74.9 Å². The van der Waals surface area contributed by atoms with Crippen LogP contribution < -0.4 is 22.8 Å². The van der Waals surface area contributed by atoms with Gasteiger partial charge in [-0.05, 0) is 0 Å². The van der Waals surface area contributed by atoms with Gasteiger partial charge in [0.15, 0.2) is 0 Å². The zero-order chi connectivity index (χ0) is 8.32. The standard InChI is InChI=1S/C6H12IO3/c1-6(2)8-3-5(10-6)4-9-7/h5,7H,3-4H2,1-2H3/q-1/t5-/m0/s1/i7T. The molecule has 0 spiro atoms. The summed E-state index contributed by atoms with van der Waals surface area (Å²) in [5, 5.41) is 0. The molecule has 0 aromatic heterocycles. The molecule has 1 aliphatic rings. The maximum atomic E-state index is 6.86. The Morgan fingerprint density at radius 1 is 1.90 bits per heavy atom. The maximum absolute atomic E-state index is 6.86. The Labute approximate surface area is 75.2 Å². The molecule has 0 aliphatic carbocycles. The van der Waals surface area contributed by atoms with E-state index in [-0.39, 0.29) is 6.10 Å². The Morgan fingerprint density at radius 3 is 3.20 bits per heavy atom. The van der Waals surface area contributed by atoms with E-state index in [0.29, 0.717) is 13.2 Å². The Balaban J connectivity index is 2.20. The molecule has 10 heavy (non-hydrogen) atoms. The fourth-order valence-corrected chi connectivity index (χ4v) is 1.32. The molecule has 62 valence electrons. The summed E-state index contributed by atoms with van der Waals surface area (Å²) in [6, 6.07) is 0. The van der Waals surface area contributed by atoms with Crippen LogP contribution in [0.3, 0.4) is 0 Å². The Hall–Kier alpha value is 0.610. The number of halogens is 1. The van der Waals surface area contributed by atoms with E-state index in [2.05, 4.69) is 0 Å². The first-order valence-electron chi connectivity index (χ1n) is 3.57. The van der Waals surface area contributed by atoms with Gasteiger partial charge < -0.3 is 0 Å². The third kappa shape index (κ3) is 2.34. The predicted molar refractivity (Wildman–Crippen MR) is 32.3 cm³/mol. The van der Waals surface area contributed by atoms with Gasteiger partial charge in [-0.2, -0.15) is 0 Å². The van der Waals surface area contributed by atoms with Crippen LogP contribution in [0.5, 0.6) is 0 Å². The molecule has 1 heterocycles. The van der Waals surface area contributed by atoms with Crippen molar-refractivity contribution >= 4 is 0 Å². The molecular weight excluding hydrogens is 247 g/mol. The van der Waals surface area contributed by atoms with E-state index in [1.165, 1.54) is 0 Å². The van der Waals surface area contributed by atoms with Crippen LogP contribution in [-0.4, -0.2) is 25.7 Å². The van der Waals surface area contributed by atoms with E-state index in [1.54, 1.807) is 0 Å². The van der Waals surface area contributed by atoms with Crippen LogP contribution in [0.4, 0.5) is 0 Å². The molecule has 1 rings (SSSR count). The van der Waals surface area contributed by atoms with Gasteiger partial charge in [-0.1, -0.05) is 0 Å². The van der Waals surface area contributed by atoms with Crippen molar-refractivity contribution in [3.63, 3.8) is 0 Å². The molecule has 0 radical (unpaired) electrons. The molecule has 1 saturated heterocycles. The Kier molecular flexibility index (Phi) is 2.43. The van der Waals surface area contributed by atoms with Gasteiger partial charge in [-0.15, -0.1) is 0 Å². The molecule has 4 heteroatoms. The molecular formula is C6H12IO3-. The van der Waals surface area contributed by atoms with Crippen LogP contribution in [0.15, 0.2) is 0 Å². The summed E-state index contributed by atoms with van der Waals surface area (Å²) >= 11 is -0.828. The van der Waals surface area contributed by atoms with Crippen LogP contribution in [0.2, 0.25) is 0 Å². The summed E-state index contributed by atoms with van der Waals surface area (Å²) in [5.41, 5.74) is 0. The van der Waals surface area contributed by atoms with Crippen LogP contribution in [0, 0.1) is 0 Å². The molecule has 0 aromatic rings. The van der Waals surface area contributed by atoms with E-state index in [0.717, 1.165) is 0 Å². The summed E-state index contributed by atoms with van der Waals surface area (Å²) in [6.45, 7) is 4.84. The molecule has 0 N–H and O–H groups in total. The van der Waals surface area contributed by atoms with Gasteiger partial charge in [0.1, 0.15) is 0 Å². The van der Waals surface area contributed by atoms with Gasteiger partial charge in [0.05, 0.1) is 0 Å². The van der Waals surface area contributed by atoms with Crippen molar-refractivity contribution in [2.24, 2.45) is 0 Å². The van der Waals surface area contributed by atoms with Crippen LogP contribution in [0.25, 0.3) is 0 Å². The molecule has 0 aromatic carbocycles. The number of hydrogen-bond acceptors (Lipinski definition) is 3. The van der Waals surface area contributed by atoms with Gasteiger partial charge in [0.25, 0.3) is 0 Å². The van der Waals surface area contributed by atoms with E-state index < -0.39 is 28.6 Å². The topological polar surface area (TPSA) is 27.7 Å². The number of rotatable bonds is 3. The van der Waals surface area contributed by atoms with E-state index >= 15 is 0 Å². The average molecular weight is 261 g/mol.